The van der Waals surface area contributed by atoms with E-state index in [0.717, 1.165) is 11.1 Å². The first kappa shape index (κ1) is 22.6. The van der Waals surface area contributed by atoms with Crippen molar-refractivity contribution in [2.45, 2.75) is 30.8 Å². The van der Waals surface area contributed by atoms with Crippen LogP contribution in [0.2, 0.25) is 0 Å². The predicted octanol–water partition coefficient (Wildman–Crippen LogP) is 3.78. The Labute approximate surface area is 202 Å². The van der Waals surface area contributed by atoms with E-state index < -0.39 is 16.4 Å². The second-order valence-electron chi connectivity index (χ2n) is 8.90. The van der Waals surface area contributed by atoms with Crippen LogP contribution in [0.5, 0.6) is 5.75 Å². The molecule has 0 spiro atoms. The van der Waals surface area contributed by atoms with Crippen LogP contribution in [-0.4, -0.2) is 35.9 Å². The molecule has 1 N–H and O–H groups in total. The highest BCUT2D eigenvalue weighted by molar-refractivity contribution is 6.05. The van der Waals surface area contributed by atoms with Crippen molar-refractivity contribution < 1.29 is 19.2 Å². The van der Waals surface area contributed by atoms with Crippen molar-refractivity contribution >= 4 is 23.2 Å². The van der Waals surface area contributed by atoms with Crippen molar-refractivity contribution in [3.63, 3.8) is 0 Å². The lowest BCUT2D eigenvalue weighted by Gasteiger charge is -2.36. The summed E-state index contributed by atoms with van der Waals surface area (Å²) in [6, 6.07) is 23.2. The maximum Gasteiger partial charge on any atom is 0.269 e. The third-order valence-electron chi connectivity index (χ3n) is 6.66. The second-order valence-corrected chi connectivity index (χ2v) is 8.90. The van der Waals surface area contributed by atoms with Crippen molar-refractivity contribution in [1.82, 2.24) is 5.32 Å². The molecule has 2 aliphatic rings. The number of nitrogens with zero attached hydrogens (tertiary/aromatic N) is 2. The van der Waals surface area contributed by atoms with E-state index in [1.54, 1.807) is 29.2 Å². The molecule has 1 aliphatic heterocycles. The molecular weight excluding hydrogens is 446 g/mol. The quantitative estimate of drug-likeness (QED) is 0.417. The normalized spacial score (nSPS) is 17.6. The molecule has 178 valence electrons. The molecule has 35 heavy (non-hydrogen) atoms. The van der Waals surface area contributed by atoms with E-state index in [9.17, 15) is 19.7 Å². The van der Waals surface area contributed by atoms with Gasteiger partial charge in [0.1, 0.15) is 5.75 Å². The number of amides is 2. The van der Waals surface area contributed by atoms with Crippen LogP contribution < -0.4 is 15.0 Å². The smallest absolute Gasteiger partial charge is 0.269 e. The lowest BCUT2D eigenvalue weighted by Crippen LogP contribution is -2.53. The topological polar surface area (TPSA) is 102 Å². The zero-order chi connectivity index (χ0) is 24.4. The fourth-order valence-corrected chi connectivity index (χ4v) is 4.56. The van der Waals surface area contributed by atoms with Gasteiger partial charge in [-0.3, -0.25) is 19.7 Å². The average molecular weight is 472 g/mol. The van der Waals surface area contributed by atoms with Gasteiger partial charge in [0.2, 0.25) is 5.91 Å². The highest BCUT2D eigenvalue weighted by atomic mass is 16.6. The number of rotatable bonds is 7. The monoisotopic (exact) mass is 471 g/mol. The summed E-state index contributed by atoms with van der Waals surface area (Å²) >= 11 is 0. The number of nitro benzene ring substituents is 1. The molecule has 0 unspecified atom stereocenters. The Morgan fingerprint density at radius 3 is 2.37 bits per heavy atom. The third-order valence-corrected chi connectivity index (χ3v) is 6.66. The Morgan fingerprint density at radius 2 is 1.69 bits per heavy atom. The van der Waals surface area contributed by atoms with Crippen LogP contribution in [0.25, 0.3) is 0 Å². The zero-order valence-electron chi connectivity index (χ0n) is 19.1. The first-order valence-electron chi connectivity index (χ1n) is 11.6. The van der Waals surface area contributed by atoms with Crippen LogP contribution in [0.4, 0.5) is 11.4 Å². The van der Waals surface area contributed by atoms with E-state index in [1.165, 1.54) is 12.1 Å². The molecule has 1 heterocycles. The highest BCUT2D eigenvalue weighted by Gasteiger charge is 2.54. The van der Waals surface area contributed by atoms with E-state index in [4.69, 9.17) is 4.74 Å². The Hall–Kier alpha value is -4.20. The van der Waals surface area contributed by atoms with Gasteiger partial charge in [0.15, 0.2) is 6.10 Å². The fourth-order valence-electron chi connectivity index (χ4n) is 4.56. The maximum absolute atomic E-state index is 13.8. The van der Waals surface area contributed by atoms with Gasteiger partial charge < -0.3 is 15.0 Å². The van der Waals surface area contributed by atoms with Crippen LogP contribution in [0.3, 0.4) is 0 Å². The summed E-state index contributed by atoms with van der Waals surface area (Å²) in [5.41, 5.74) is 1.74. The number of nitrogens with one attached hydrogen (secondary N) is 1. The van der Waals surface area contributed by atoms with Gasteiger partial charge in [-0.25, -0.2) is 0 Å². The van der Waals surface area contributed by atoms with Gasteiger partial charge in [0, 0.05) is 18.7 Å². The number of nitro groups is 1. The number of ether oxygens (including phenoxy) is 1. The molecule has 5 rings (SSSR count). The van der Waals surface area contributed by atoms with Gasteiger partial charge in [-0.15, -0.1) is 0 Å². The van der Waals surface area contributed by atoms with Crippen molar-refractivity contribution in [3.05, 3.63) is 100 Å². The third kappa shape index (κ3) is 4.47. The molecule has 1 saturated carbocycles. The van der Waals surface area contributed by atoms with Gasteiger partial charge in [-0.05, 0) is 42.5 Å². The lowest BCUT2D eigenvalue weighted by atomic mass is 9.93. The SMILES string of the molecule is O=C(NCCc1ccccc1)[C@@H]1CN(C(=O)C2(c3ccc([N+](=O)[O-])cc3)CC2)c2ccccc2O1. The molecular formula is C27H25N3O5. The molecule has 0 bridgehead atoms. The summed E-state index contributed by atoms with van der Waals surface area (Å²) in [4.78, 5) is 39.0. The molecule has 0 radical (unpaired) electrons. The Morgan fingerprint density at radius 1 is 1.00 bits per heavy atom. The summed E-state index contributed by atoms with van der Waals surface area (Å²) in [6.45, 7) is 0.562. The summed E-state index contributed by atoms with van der Waals surface area (Å²) in [5.74, 6) is 0.0902. The van der Waals surface area contributed by atoms with E-state index >= 15 is 0 Å². The van der Waals surface area contributed by atoms with Gasteiger partial charge in [-0.2, -0.15) is 0 Å². The Kier molecular flexibility index (Phi) is 5.94. The number of carbonyl (C=O) groups is 2. The minimum absolute atomic E-state index is 0.0130. The van der Waals surface area contributed by atoms with Gasteiger partial charge in [0.25, 0.3) is 11.6 Å². The Balaban J connectivity index is 1.33. The maximum atomic E-state index is 13.8. The van der Waals surface area contributed by atoms with E-state index in [1.807, 2.05) is 42.5 Å². The van der Waals surface area contributed by atoms with Crippen molar-refractivity contribution in [2.24, 2.45) is 0 Å². The first-order valence-corrected chi connectivity index (χ1v) is 11.6. The number of hydrogen-bond donors (Lipinski definition) is 1. The van der Waals surface area contributed by atoms with Crippen LogP contribution >= 0.6 is 0 Å². The van der Waals surface area contributed by atoms with Crippen LogP contribution in [0.1, 0.15) is 24.0 Å². The summed E-state index contributed by atoms with van der Waals surface area (Å²) < 4.78 is 5.98. The summed E-state index contributed by atoms with van der Waals surface area (Å²) in [7, 11) is 0. The lowest BCUT2D eigenvalue weighted by molar-refractivity contribution is -0.384. The number of non-ortho nitro benzene ring substituents is 1. The minimum atomic E-state index is -0.836. The predicted molar refractivity (Wildman–Crippen MR) is 130 cm³/mol. The zero-order valence-corrected chi connectivity index (χ0v) is 19.1. The van der Waals surface area contributed by atoms with E-state index in [-0.39, 0.29) is 24.0 Å². The summed E-state index contributed by atoms with van der Waals surface area (Å²) in [6.07, 6.45) is 1.16. The average Bonchev–Trinajstić information content (AvgIpc) is 3.70. The standard InChI is InChI=1S/C27H25N3O5/c31-25(28-17-14-19-6-2-1-3-7-19)24-18-29(22-8-4-5-9-23(22)35-24)26(32)27(15-16-27)20-10-12-21(13-11-20)30(33)34/h1-13,24H,14-18H2,(H,28,31)/t24-/m0/s1. The molecule has 0 saturated heterocycles. The molecule has 3 aromatic rings. The van der Waals surface area contributed by atoms with Crippen molar-refractivity contribution in [3.8, 4) is 5.75 Å². The fraction of sp³-hybridized carbons (Fsp3) is 0.259. The van der Waals surface area contributed by atoms with Crippen LogP contribution in [0, 0.1) is 10.1 Å². The largest absolute Gasteiger partial charge is 0.477 e. The van der Waals surface area contributed by atoms with Gasteiger partial charge >= 0.3 is 0 Å². The molecule has 1 atom stereocenters. The van der Waals surface area contributed by atoms with Crippen molar-refractivity contribution in [2.75, 3.05) is 18.0 Å². The second kappa shape index (κ2) is 9.21. The highest BCUT2D eigenvalue weighted by Crippen LogP contribution is 2.51. The molecule has 1 fully saturated rings. The van der Waals surface area contributed by atoms with Gasteiger partial charge in [-0.1, -0.05) is 54.6 Å². The van der Waals surface area contributed by atoms with Gasteiger partial charge in [0.05, 0.1) is 22.6 Å². The number of hydrogen-bond acceptors (Lipinski definition) is 5. The summed E-state index contributed by atoms with van der Waals surface area (Å²) in [5, 5.41) is 14.0. The van der Waals surface area contributed by atoms with E-state index in [2.05, 4.69) is 5.32 Å². The Bertz CT molecular complexity index is 1260. The molecule has 3 aromatic carbocycles. The molecule has 8 nitrogen and oxygen atoms in total. The van der Waals surface area contributed by atoms with Crippen LogP contribution in [0.15, 0.2) is 78.9 Å². The molecule has 8 heteroatoms. The number of para-hydroxylation sites is 2. The molecule has 1 aliphatic carbocycles. The van der Waals surface area contributed by atoms with E-state index in [0.29, 0.717) is 37.2 Å². The first-order chi connectivity index (χ1) is 17.0. The number of carbonyl (C=O) groups excluding carboxylic acids is 2. The number of benzene rings is 3. The molecule has 2 amide bonds. The minimum Gasteiger partial charge on any atom is -0.477 e. The number of fused-ring (bicyclic) bond motifs is 1. The molecule has 0 aromatic heterocycles. The number of anilines is 1. The van der Waals surface area contributed by atoms with Crippen molar-refractivity contribution in [1.29, 1.82) is 0 Å². The van der Waals surface area contributed by atoms with Crippen LogP contribution in [-0.2, 0) is 21.4 Å².